The molecule has 7 heteroatoms. The van der Waals surface area contributed by atoms with Gasteiger partial charge in [-0.2, -0.15) is 4.98 Å². The maximum atomic E-state index is 12.2. The van der Waals surface area contributed by atoms with E-state index in [1.807, 2.05) is 24.3 Å². The Morgan fingerprint density at radius 2 is 1.93 bits per heavy atom. The third-order valence-corrected chi connectivity index (χ3v) is 6.30. The van der Waals surface area contributed by atoms with Gasteiger partial charge in [-0.3, -0.25) is 0 Å². The topological polar surface area (TPSA) is 99.1 Å². The molecule has 1 heterocycles. The van der Waals surface area contributed by atoms with Gasteiger partial charge in [0.05, 0.1) is 11.2 Å². The molecule has 3 aromatic rings. The van der Waals surface area contributed by atoms with Crippen LogP contribution in [-0.4, -0.2) is 30.6 Å². The lowest BCUT2D eigenvalue weighted by molar-refractivity contribution is 0.378. The highest BCUT2D eigenvalue weighted by molar-refractivity contribution is 7.90. The van der Waals surface area contributed by atoms with E-state index in [4.69, 9.17) is 10.3 Å². The summed E-state index contributed by atoms with van der Waals surface area (Å²) in [7, 11) is -3.33. The molecule has 2 N–H and O–H groups in total. The van der Waals surface area contributed by atoms with Gasteiger partial charge in [0.15, 0.2) is 5.82 Å². The van der Waals surface area contributed by atoms with E-state index in [9.17, 15) is 8.42 Å². The zero-order valence-corrected chi connectivity index (χ0v) is 16.3. The van der Waals surface area contributed by atoms with Gasteiger partial charge in [0.2, 0.25) is 5.89 Å². The van der Waals surface area contributed by atoms with E-state index < -0.39 is 15.3 Å². The number of aromatic nitrogens is 2. The van der Waals surface area contributed by atoms with Gasteiger partial charge in [0.1, 0.15) is 9.84 Å². The molecule has 27 heavy (non-hydrogen) atoms. The molecule has 0 amide bonds. The molecule has 1 aliphatic rings. The Morgan fingerprint density at radius 3 is 2.59 bits per heavy atom. The molecule has 6 nitrogen and oxygen atoms in total. The molecule has 4 rings (SSSR count). The first kappa shape index (κ1) is 17.7. The summed E-state index contributed by atoms with van der Waals surface area (Å²) in [5, 5.41) is 4.02. The van der Waals surface area contributed by atoms with Gasteiger partial charge in [-0.05, 0) is 34.7 Å². The fourth-order valence-electron chi connectivity index (χ4n) is 4.03. The zero-order valence-electron chi connectivity index (χ0n) is 15.5. The van der Waals surface area contributed by atoms with E-state index in [1.165, 1.54) is 17.4 Å². The fraction of sp³-hybridized carbons (Fsp3) is 0.300. The fourth-order valence-corrected chi connectivity index (χ4v) is 5.36. The quantitative estimate of drug-likeness (QED) is 0.544. The monoisotopic (exact) mass is 383 g/mol. The van der Waals surface area contributed by atoms with Crippen LogP contribution in [0, 0.1) is 6.92 Å². The molecule has 0 aliphatic heterocycles. The van der Waals surface area contributed by atoms with Gasteiger partial charge in [0, 0.05) is 25.3 Å². The number of benzene rings is 2. The molecule has 0 radical (unpaired) electrons. The molecule has 1 aromatic heterocycles. The summed E-state index contributed by atoms with van der Waals surface area (Å²) < 4.78 is 29.5. The zero-order chi connectivity index (χ0) is 19.4. The summed E-state index contributed by atoms with van der Waals surface area (Å²) in [5.41, 5.74) is 11.4. The average Bonchev–Trinajstić information content (AvgIpc) is 3.18. The van der Waals surface area contributed by atoms with Gasteiger partial charge in [0.25, 0.3) is 0 Å². The molecule has 0 saturated heterocycles. The molecular formula is C20H21N3O3S. The van der Waals surface area contributed by atoms with E-state index in [2.05, 4.69) is 22.3 Å². The Kier molecular flexibility index (Phi) is 3.89. The lowest BCUT2D eigenvalue weighted by Crippen LogP contribution is -2.34. The minimum Gasteiger partial charge on any atom is -0.398 e. The number of hydrogen-bond donors (Lipinski definition) is 1. The SMILES string of the molecule is Cc1nc(C(C)(CS(C)(=O)=O)c2ccc3c(c2N)Cc2ccccc2-3)no1. The predicted molar refractivity (Wildman–Crippen MR) is 104 cm³/mol. The van der Waals surface area contributed by atoms with Crippen LogP contribution in [-0.2, 0) is 21.7 Å². The number of nitrogens with zero attached hydrogens (tertiary/aromatic N) is 2. The van der Waals surface area contributed by atoms with E-state index in [0.717, 1.165) is 17.5 Å². The van der Waals surface area contributed by atoms with Gasteiger partial charge in [-0.1, -0.05) is 41.6 Å². The second kappa shape index (κ2) is 5.92. The number of fused-ring (bicyclic) bond motifs is 3. The van der Waals surface area contributed by atoms with E-state index in [0.29, 0.717) is 23.0 Å². The molecule has 0 bridgehead atoms. The summed E-state index contributed by atoms with van der Waals surface area (Å²) in [6.07, 6.45) is 1.93. The molecule has 140 valence electrons. The molecule has 0 fully saturated rings. The second-order valence-electron chi connectivity index (χ2n) is 7.43. The van der Waals surface area contributed by atoms with Gasteiger partial charge < -0.3 is 10.3 Å². The molecule has 0 saturated carbocycles. The van der Waals surface area contributed by atoms with Crippen LogP contribution in [0.25, 0.3) is 11.1 Å². The first-order valence-electron chi connectivity index (χ1n) is 8.68. The van der Waals surface area contributed by atoms with Crippen molar-refractivity contribution in [2.45, 2.75) is 25.7 Å². The first-order valence-corrected chi connectivity index (χ1v) is 10.7. The molecule has 2 aromatic carbocycles. The molecular weight excluding hydrogens is 362 g/mol. The molecule has 1 aliphatic carbocycles. The van der Waals surface area contributed by atoms with Crippen LogP contribution in [0.3, 0.4) is 0 Å². The van der Waals surface area contributed by atoms with Gasteiger partial charge >= 0.3 is 0 Å². The van der Waals surface area contributed by atoms with E-state index in [-0.39, 0.29) is 5.75 Å². The van der Waals surface area contributed by atoms with Crippen LogP contribution in [0.15, 0.2) is 40.9 Å². The summed E-state index contributed by atoms with van der Waals surface area (Å²) in [6, 6.07) is 12.1. The lowest BCUT2D eigenvalue weighted by Gasteiger charge is -2.28. The van der Waals surface area contributed by atoms with Crippen LogP contribution in [0.2, 0.25) is 0 Å². The van der Waals surface area contributed by atoms with Gasteiger partial charge in [-0.15, -0.1) is 0 Å². The van der Waals surface area contributed by atoms with Crippen molar-refractivity contribution in [3.05, 3.63) is 64.8 Å². The maximum absolute atomic E-state index is 12.2. The van der Waals surface area contributed by atoms with Gasteiger partial charge in [-0.25, -0.2) is 8.42 Å². The van der Waals surface area contributed by atoms with E-state index >= 15 is 0 Å². The summed E-state index contributed by atoms with van der Waals surface area (Å²) >= 11 is 0. The van der Waals surface area contributed by atoms with Crippen molar-refractivity contribution in [2.75, 3.05) is 17.7 Å². The van der Waals surface area contributed by atoms with Crippen molar-refractivity contribution in [2.24, 2.45) is 0 Å². The lowest BCUT2D eigenvalue weighted by atomic mass is 9.80. The number of sulfone groups is 1. The number of nitrogens with two attached hydrogens (primary N) is 1. The maximum Gasteiger partial charge on any atom is 0.223 e. The number of aryl methyl sites for hydroxylation is 1. The van der Waals surface area contributed by atoms with Crippen LogP contribution < -0.4 is 5.73 Å². The van der Waals surface area contributed by atoms with Crippen molar-refractivity contribution < 1.29 is 12.9 Å². The number of hydrogen-bond acceptors (Lipinski definition) is 6. The Morgan fingerprint density at radius 1 is 1.19 bits per heavy atom. The number of anilines is 1. The Bertz CT molecular complexity index is 1150. The Hall–Kier alpha value is -2.67. The largest absolute Gasteiger partial charge is 0.398 e. The normalized spacial score (nSPS) is 15.2. The number of rotatable bonds is 4. The minimum absolute atomic E-state index is 0.158. The average molecular weight is 383 g/mol. The van der Waals surface area contributed by atoms with Crippen LogP contribution in [0.4, 0.5) is 5.69 Å². The van der Waals surface area contributed by atoms with Crippen LogP contribution >= 0.6 is 0 Å². The Balaban J connectivity index is 1.91. The van der Waals surface area contributed by atoms with Crippen LogP contribution in [0.1, 0.15) is 35.3 Å². The first-order chi connectivity index (χ1) is 12.7. The van der Waals surface area contributed by atoms with Crippen molar-refractivity contribution in [3.8, 4) is 11.1 Å². The van der Waals surface area contributed by atoms with Crippen molar-refractivity contribution in [1.29, 1.82) is 0 Å². The highest BCUT2D eigenvalue weighted by atomic mass is 32.2. The minimum atomic E-state index is -3.33. The summed E-state index contributed by atoms with van der Waals surface area (Å²) in [4.78, 5) is 4.32. The van der Waals surface area contributed by atoms with Crippen molar-refractivity contribution in [1.82, 2.24) is 10.1 Å². The third kappa shape index (κ3) is 2.92. The highest BCUT2D eigenvalue weighted by Gasteiger charge is 2.40. The van der Waals surface area contributed by atoms with E-state index in [1.54, 1.807) is 13.8 Å². The predicted octanol–water partition coefficient (Wildman–Crippen LogP) is 2.88. The standard InChI is InChI=1S/C20H21N3O3S/c1-12-22-19(23-26-12)20(2,11-27(3,24)25)17-9-8-15-14-7-5-4-6-13(14)10-16(15)18(17)21/h4-9H,10-11,21H2,1-3H3. The second-order valence-corrected chi connectivity index (χ2v) is 9.57. The Labute approximate surface area is 158 Å². The van der Waals surface area contributed by atoms with Crippen molar-refractivity contribution in [3.63, 3.8) is 0 Å². The molecule has 0 spiro atoms. The van der Waals surface area contributed by atoms with Crippen molar-refractivity contribution >= 4 is 15.5 Å². The third-order valence-electron chi connectivity index (χ3n) is 5.20. The van der Waals surface area contributed by atoms with Crippen LogP contribution in [0.5, 0.6) is 0 Å². The summed E-state index contributed by atoms with van der Waals surface area (Å²) in [5.74, 6) is 0.555. The molecule has 1 atom stereocenters. The highest BCUT2D eigenvalue weighted by Crippen LogP contribution is 2.44. The smallest absolute Gasteiger partial charge is 0.223 e. The molecule has 1 unspecified atom stereocenters. The number of nitrogen functional groups attached to an aromatic ring is 1. The summed E-state index contributed by atoms with van der Waals surface area (Å²) in [6.45, 7) is 3.48.